The first-order valence-electron chi connectivity index (χ1n) is 6.23. The highest BCUT2D eigenvalue weighted by atomic mass is 19.1. The first kappa shape index (κ1) is 13.6. The standard InChI is InChI=1S/C15H17FN2O/c1-15(2)9-13(15)18-14(19)11-6-5-10(4-3-7-17)12(16)8-11/h5-6,8,13H,7,9,17H2,1-2H3,(H,18,19). The predicted octanol–water partition coefficient (Wildman–Crippen LogP) is 1.66. The van der Waals surface area contributed by atoms with E-state index in [4.69, 9.17) is 5.73 Å². The Balaban J connectivity index is 2.09. The topological polar surface area (TPSA) is 55.1 Å². The van der Waals surface area contributed by atoms with E-state index in [-0.39, 0.29) is 29.5 Å². The Labute approximate surface area is 112 Å². The third-order valence-corrected chi connectivity index (χ3v) is 3.38. The average Bonchev–Trinajstić information content (AvgIpc) is 2.94. The van der Waals surface area contributed by atoms with Gasteiger partial charge in [-0.05, 0) is 30.0 Å². The van der Waals surface area contributed by atoms with Gasteiger partial charge >= 0.3 is 0 Å². The maximum Gasteiger partial charge on any atom is 0.251 e. The zero-order valence-corrected chi connectivity index (χ0v) is 11.1. The van der Waals surface area contributed by atoms with E-state index in [1.165, 1.54) is 12.1 Å². The zero-order chi connectivity index (χ0) is 14.0. The lowest BCUT2D eigenvalue weighted by Gasteiger charge is -2.07. The molecule has 1 saturated carbocycles. The number of halogens is 1. The van der Waals surface area contributed by atoms with E-state index < -0.39 is 5.82 Å². The SMILES string of the molecule is CC1(C)CC1NC(=O)c1ccc(C#CCN)c(F)c1. The molecule has 0 saturated heterocycles. The molecule has 0 radical (unpaired) electrons. The van der Waals surface area contributed by atoms with E-state index in [0.717, 1.165) is 6.42 Å². The van der Waals surface area contributed by atoms with E-state index in [0.29, 0.717) is 5.56 Å². The Bertz CT molecular complexity index is 569. The van der Waals surface area contributed by atoms with Gasteiger partial charge in [-0.3, -0.25) is 4.79 Å². The Morgan fingerprint density at radius 1 is 1.58 bits per heavy atom. The van der Waals surface area contributed by atoms with Crippen LogP contribution in [0.15, 0.2) is 18.2 Å². The van der Waals surface area contributed by atoms with Crippen molar-refractivity contribution in [2.24, 2.45) is 11.1 Å². The molecular weight excluding hydrogens is 243 g/mol. The summed E-state index contributed by atoms with van der Waals surface area (Å²) in [5.74, 6) is 4.47. The molecule has 1 atom stereocenters. The van der Waals surface area contributed by atoms with Gasteiger partial charge in [0.15, 0.2) is 0 Å². The summed E-state index contributed by atoms with van der Waals surface area (Å²) in [7, 11) is 0. The van der Waals surface area contributed by atoms with Gasteiger partial charge in [-0.15, -0.1) is 0 Å². The van der Waals surface area contributed by atoms with Crippen LogP contribution < -0.4 is 11.1 Å². The molecule has 1 aliphatic carbocycles. The highest BCUT2D eigenvalue weighted by Crippen LogP contribution is 2.44. The number of rotatable bonds is 2. The van der Waals surface area contributed by atoms with Crippen LogP contribution in [0.5, 0.6) is 0 Å². The number of hydrogen-bond donors (Lipinski definition) is 2. The lowest BCUT2D eigenvalue weighted by atomic mass is 10.1. The number of amides is 1. The van der Waals surface area contributed by atoms with Crippen molar-refractivity contribution in [1.82, 2.24) is 5.32 Å². The minimum Gasteiger partial charge on any atom is -0.349 e. The lowest BCUT2D eigenvalue weighted by Crippen LogP contribution is -2.28. The number of nitrogens with two attached hydrogens (primary N) is 1. The molecule has 1 aromatic carbocycles. The molecule has 0 aliphatic heterocycles. The van der Waals surface area contributed by atoms with Crippen LogP contribution in [0.2, 0.25) is 0 Å². The normalized spacial score (nSPS) is 19.3. The summed E-state index contributed by atoms with van der Waals surface area (Å²) in [6.45, 7) is 4.35. The molecule has 1 amide bonds. The van der Waals surface area contributed by atoms with Gasteiger partial charge < -0.3 is 11.1 Å². The van der Waals surface area contributed by atoms with E-state index in [1.54, 1.807) is 6.07 Å². The summed E-state index contributed by atoms with van der Waals surface area (Å²) in [4.78, 5) is 11.9. The fourth-order valence-corrected chi connectivity index (χ4v) is 1.86. The van der Waals surface area contributed by atoms with Crippen LogP contribution in [0.25, 0.3) is 0 Å². The van der Waals surface area contributed by atoms with Crippen molar-refractivity contribution < 1.29 is 9.18 Å². The highest BCUT2D eigenvalue weighted by Gasteiger charge is 2.46. The Morgan fingerprint density at radius 3 is 2.79 bits per heavy atom. The monoisotopic (exact) mass is 260 g/mol. The molecule has 0 spiro atoms. The van der Waals surface area contributed by atoms with Crippen molar-refractivity contribution in [3.8, 4) is 11.8 Å². The maximum atomic E-state index is 13.7. The van der Waals surface area contributed by atoms with Crippen molar-refractivity contribution in [1.29, 1.82) is 0 Å². The van der Waals surface area contributed by atoms with Crippen LogP contribution in [0.4, 0.5) is 4.39 Å². The Hall–Kier alpha value is -1.86. The minimum atomic E-state index is -0.497. The molecule has 19 heavy (non-hydrogen) atoms. The molecule has 4 heteroatoms. The van der Waals surface area contributed by atoms with Crippen LogP contribution in [-0.2, 0) is 0 Å². The Morgan fingerprint density at radius 2 is 2.26 bits per heavy atom. The third-order valence-electron chi connectivity index (χ3n) is 3.38. The number of carbonyl (C=O) groups is 1. The van der Waals surface area contributed by atoms with Gasteiger partial charge in [-0.25, -0.2) is 4.39 Å². The fraction of sp³-hybridized carbons (Fsp3) is 0.400. The molecule has 1 aliphatic rings. The number of hydrogen-bond acceptors (Lipinski definition) is 2. The first-order valence-corrected chi connectivity index (χ1v) is 6.23. The van der Waals surface area contributed by atoms with E-state index in [2.05, 4.69) is 31.0 Å². The molecule has 0 heterocycles. The van der Waals surface area contributed by atoms with Crippen LogP contribution in [-0.4, -0.2) is 18.5 Å². The second kappa shape index (κ2) is 5.02. The van der Waals surface area contributed by atoms with E-state index in [1.807, 2.05) is 0 Å². The van der Waals surface area contributed by atoms with Crippen molar-refractivity contribution in [2.45, 2.75) is 26.3 Å². The van der Waals surface area contributed by atoms with Crippen molar-refractivity contribution >= 4 is 5.91 Å². The number of nitrogens with one attached hydrogen (secondary N) is 1. The van der Waals surface area contributed by atoms with Gasteiger partial charge in [0.05, 0.1) is 12.1 Å². The number of benzene rings is 1. The molecule has 1 unspecified atom stereocenters. The Kier molecular flexibility index (Phi) is 3.59. The molecule has 3 N–H and O–H groups in total. The van der Waals surface area contributed by atoms with E-state index >= 15 is 0 Å². The highest BCUT2D eigenvalue weighted by molar-refractivity contribution is 5.94. The van der Waals surface area contributed by atoms with Gasteiger partial charge in [-0.1, -0.05) is 25.7 Å². The summed E-state index contributed by atoms with van der Waals surface area (Å²) >= 11 is 0. The van der Waals surface area contributed by atoms with Crippen LogP contribution >= 0.6 is 0 Å². The summed E-state index contributed by atoms with van der Waals surface area (Å²) in [5.41, 5.74) is 5.96. The predicted molar refractivity (Wildman–Crippen MR) is 72.0 cm³/mol. The summed E-state index contributed by atoms with van der Waals surface area (Å²) in [6, 6.07) is 4.48. The van der Waals surface area contributed by atoms with Crippen LogP contribution in [0.1, 0.15) is 36.2 Å². The summed E-state index contributed by atoms with van der Waals surface area (Å²) in [6.07, 6.45) is 0.960. The molecule has 0 aromatic heterocycles. The summed E-state index contributed by atoms with van der Waals surface area (Å²) in [5, 5.41) is 2.89. The van der Waals surface area contributed by atoms with Gasteiger partial charge in [0, 0.05) is 11.6 Å². The molecule has 3 nitrogen and oxygen atoms in total. The van der Waals surface area contributed by atoms with E-state index in [9.17, 15) is 9.18 Å². The number of carbonyl (C=O) groups excluding carboxylic acids is 1. The molecule has 2 rings (SSSR count). The lowest BCUT2D eigenvalue weighted by molar-refractivity contribution is 0.0946. The quantitative estimate of drug-likeness (QED) is 0.795. The first-order chi connectivity index (χ1) is 8.94. The largest absolute Gasteiger partial charge is 0.349 e. The maximum absolute atomic E-state index is 13.7. The van der Waals surface area contributed by atoms with Crippen LogP contribution in [0, 0.1) is 23.1 Å². The second-order valence-corrected chi connectivity index (χ2v) is 5.42. The third kappa shape index (κ3) is 3.12. The van der Waals surface area contributed by atoms with Crippen LogP contribution in [0.3, 0.4) is 0 Å². The summed E-state index contributed by atoms with van der Waals surface area (Å²) < 4.78 is 13.7. The van der Waals surface area contributed by atoms with Crippen molar-refractivity contribution in [3.05, 3.63) is 35.1 Å². The second-order valence-electron chi connectivity index (χ2n) is 5.42. The molecule has 100 valence electrons. The molecule has 1 aromatic rings. The average molecular weight is 260 g/mol. The fourth-order valence-electron chi connectivity index (χ4n) is 1.86. The molecule has 0 bridgehead atoms. The van der Waals surface area contributed by atoms with Gasteiger partial charge in [0.25, 0.3) is 5.91 Å². The van der Waals surface area contributed by atoms with Crippen molar-refractivity contribution in [2.75, 3.05) is 6.54 Å². The van der Waals surface area contributed by atoms with Gasteiger partial charge in [-0.2, -0.15) is 0 Å². The van der Waals surface area contributed by atoms with Gasteiger partial charge in [0.1, 0.15) is 5.82 Å². The van der Waals surface area contributed by atoms with Gasteiger partial charge in [0.2, 0.25) is 0 Å². The minimum absolute atomic E-state index is 0.154. The zero-order valence-electron chi connectivity index (χ0n) is 11.1. The smallest absolute Gasteiger partial charge is 0.251 e. The van der Waals surface area contributed by atoms with Crippen molar-refractivity contribution in [3.63, 3.8) is 0 Å². The molecule has 1 fully saturated rings. The molecular formula is C15H17FN2O.